The summed E-state index contributed by atoms with van der Waals surface area (Å²) in [6, 6.07) is 16.4. The van der Waals surface area contributed by atoms with Crippen LogP contribution >= 0.6 is 0 Å². The first-order chi connectivity index (χ1) is 11.3. The molecule has 0 spiro atoms. The van der Waals surface area contributed by atoms with Crippen LogP contribution in [0.3, 0.4) is 0 Å². The van der Waals surface area contributed by atoms with Gasteiger partial charge in [-0.05, 0) is 49.4 Å². The van der Waals surface area contributed by atoms with Crippen molar-refractivity contribution in [3.05, 3.63) is 59.7 Å². The molecule has 2 heterocycles. The number of carbonyl (C=O) groups excluding carboxylic acids is 1. The van der Waals surface area contributed by atoms with Gasteiger partial charge in [-0.3, -0.25) is 4.79 Å². The molecule has 23 heavy (non-hydrogen) atoms. The molecule has 0 N–H and O–H groups in total. The maximum Gasteiger partial charge on any atom is 0.311 e. The molecule has 0 fully saturated rings. The van der Waals surface area contributed by atoms with E-state index in [1.165, 1.54) is 30.6 Å². The normalized spacial score (nSPS) is 15.7. The first-order valence-corrected chi connectivity index (χ1v) is 8.39. The van der Waals surface area contributed by atoms with Gasteiger partial charge in [0.15, 0.2) is 0 Å². The molecule has 3 heteroatoms. The third-order valence-corrected chi connectivity index (χ3v) is 4.38. The number of nitrogens with zero attached hydrogens (tertiary/aromatic N) is 1. The van der Waals surface area contributed by atoms with Crippen molar-refractivity contribution < 1.29 is 9.53 Å². The van der Waals surface area contributed by atoms with Gasteiger partial charge in [0.1, 0.15) is 5.75 Å². The average Bonchev–Trinajstić information content (AvgIpc) is 2.61. The lowest BCUT2D eigenvalue weighted by Crippen LogP contribution is -2.28. The summed E-state index contributed by atoms with van der Waals surface area (Å²) in [6.45, 7) is 4.59. The van der Waals surface area contributed by atoms with Gasteiger partial charge in [0, 0.05) is 18.8 Å². The van der Waals surface area contributed by atoms with Gasteiger partial charge in [0.25, 0.3) is 0 Å². The van der Waals surface area contributed by atoms with Crippen LogP contribution in [0, 0.1) is 0 Å². The highest BCUT2D eigenvalue weighted by Gasteiger charge is 2.15. The molecule has 2 aliphatic heterocycles. The van der Waals surface area contributed by atoms with E-state index in [1.54, 1.807) is 0 Å². The fourth-order valence-electron chi connectivity index (χ4n) is 3.16. The summed E-state index contributed by atoms with van der Waals surface area (Å²) in [6.07, 6.45) is 3.89. The zero-order valence-corrected chi connectivity index (χ0v) is 13.6. The van der Waals surface area contributed by atoms with Crippen molar-refractivity contribution in [3.8, 4) is 5.75 Å². The van der Waals surface area contributed by atoms with Gasteiger partial charge in [-0.15, -0.1) is 0 Å². The minimum atomic E-state index is -0.122. The number of aryl methyl sites for hydroxylation is 2. The van der Waals surface area contributed by atoms with E-state index in [1.807, 2.05) is 24.3 Å². The Kier molecular flexibility index (Phi) is 4.96. The van der Waals surface area contributed by atoms with Crippen molar-refractivity contribution in [1.29, 1.82) is 0 Å². The van der Waals surface area contributed by atoms with E-state index in [4.69, 9.17) is 4.74 Å². The number of ether oxygens (including phenoxy) is 1. The van der Waals surface area contributed by atoms with E-state index in [0.717, 1.165) is 24.3 Å². The Morgan fingerprint density at radius 3 is 2.52 bits per heavy atom. The van der Waals surface area contributed by atoms with Gasteiger partial charge in [-0.1, -0.05) is 36.4 Å². The Hall–Kier alpha value is -2.29. The fourth-order valence-corrected chi connectivity index (χ4v) is 3.16. The summed E-state index contributed by atoms with van der Waals surface area (Å²) < 4.78 is 4.99. The largest absolute Gasteiger partial charge is 0.426 e. The third-order valence-electron chi connectivity index (χ3n) is 4.38. The monoisotopic (exact) mass is 309 g/mol. The van der Waals surface area contributed by atoms with E-state index in [2.05, 4.69) is 36.1 Å². The molecule has 0 radical (unpaired) electrons. The Balaban J connectivity index is 0.000000136. The van der Waals surface area contributed by atoms with Gasteiger partial charge < -0.3 is 9.64 Å². The lowest BCUT2D eigenvalue weighted by molar-refractivity contribution is -0.135. The number of benzene rings is 2. The van der Waals surface area contributed by atoms with Crippen molar-refractivity contribution in [2.24, 2.45) is 0 Å². The lowest BCUT2D eigenvalue weighted by atomic mass is 10.0. The molecule has 0 aromatic heterocycles. The first kappa shape index (κ1) is 15.6. The first-order valence-electron chi connectivity index (χ1n) is 8.39. The number of para-hydroxylation sites is 2. The van der Waals surface area contributed by atoms with Crippen LogP contribution in [0.2, 0.25) is 0 Å². The van der Waals surface area contributed by atoms with Gasteiger partial charge in [0.2, 0.25) is 0 Å². The highest BCUT2D eigenvalue weighted by atomic mass is 16.5. The maximum atomic E-state index is 10.8. The molecule has 4 rings (SSSR count). The Bertz CT molecular complexity index is 681. The van der Waals surface area contributed by atoms with Crippen molar-refractivity contribution in [1.82, 2.24) is 0 Å². The van der Waals surface area contributed by atoms with Gasteiger partial charge in [-0.25, -0.2) is 0 Å². The molecule has 0 amide bonds. The zero-order chi connectivity index (χ0) is 16.1. The molecule has 0 aliphatic carbocycles. The second-order valence-electron chi connectivity index (χ2n) is 5.89. The summed E-state index contributed by atoms with van der Waals surface area (Å²) in [5.41, 5.74) is 4.10. The van der Waals surface area contributed by atoms with Crippen LogP contribution in [0.25, 0.3) is 0 Å². The molecule has 0 unspecified atom stereocenters. The minimum Gasteiger partial charge on any atom is -0.426 e. The maximum absolute atomic E-state index is 10.8. The van der Waals surface area contributed by atoms with Crippen LogP contribution in [0.15, 0.2) is 48.5 Å². The second kappa shape index (κ2) is 7.32. The topological polar surface area (TPSA) is 29.5 Å². The summed E-state index contributed by atoms with van der Waals surface area (Å²) in [7, 11) is 0. The summed E-state index contributed by atoms with van der Waals surface area (Å²) in [4.78, 5) is 13.3. The van der Waals surface area contributed by atoms with Crippen molar-refractivity contribution in [2.75, 3.05) is 18.0 Å². The molecule has 0 saturated carbocycles. The van der Waals surface area contributed by atoms with E-state index in [0.29, 0.717) is 6.42 Å². The number of hydrogen-bond acceptors (Lipinski definition) is 3. The van der Waals surface area contributed by atoms with Crippen molar-refractivity contribution in [3.63, 3.8) is 0 Å². The number of carbonyl (C=O) groups is 1. The quantitative estimate of drug-likeness (QED) is 0.589. The molecular weight excluding hydrogens is 286 g/mol. The van der Waals surface area contributed by atoms with E-state index >= 15 is 0 Å². The van der Waals surface area contributed by atoms with Crippen molar-refractivity contribution in [2.45, 2.75) is 32.6 Å². The average molecular weight is 309 g/mol. The lowest BCUT2D eigenvalue weighted by Gasteiger charge is -2.29. The third kappa shape index (κ3) is 3.73. The van der Waals surface area contributed by atoms with Crippen LogP contribution in [-0.4, -0.2) is 19.1 Å². The molecule has 2 aliphatic rings. The highest BCUT2D eigenvalue weighted by Crippen LogP contribution is 2.26. The smallest absolute Gasteiger partial charge is 0.311 e. The predicted molar refractivity (Wildman–Crippen MR) is 93.0 cm³/mol. The number of esters is 1. The minimum absolute atomic E-state index is 0.122. The number of anilines is 1. The fraction of sp³-hybridized carbons (Fsp3) is 0.350. The molecule has 0 saturated heterocycles. The Morgan fingerprint density at radius 2 is 1.70 bits per heavy atom. The van der Waals surface area contributed by atoms with Crippen LogP contribution in [0.5, 0.6) is 5.75 Å². The van der Waals surface area contributed by atoms with Gasteiger partial charge in [-0.2, -0.15) is 0 Å². The number of hydrogen-bond donors (Lipinski definition) is 0. The SMILES string of the molecule is CCN1CCCc2ccccc21.O=C1CCc2ccccc2O1. The summed E-state index contributed by atoms with van der Waals surface area (Å²) in [5.74, 6) is 0.604. The van der Waals surface area contributed by atoms with E-state index < -0.39 is 0 Å². The van der Waals surface area contributed by atoms with Crippen molar-refractivity contribution >= 4 is 11.7 Å². The molecule has 3 nitrogen and oxygen atoms in total. The molecule has 120 valence electrons. The van der Waals surface area contributed by atoms with Crippen LogP contribution in [-0.2, 0) is 17.6 Å². The van der Waals surface area contributed by atoms with Crippen LogP contribution < -0.4 is 9.64 Å². The van der Waals surface area contributed by atoms with Crippen LogP contribution in [0.1, 0.15) is 30.9 Å². The van der Waals surface area contributed by atoms with Gasteiger partial charge >= 0.3 is 5.97 Å². The molecule has 2 aromatic carbocycles. The van der Waals surface area contributed by atoms with Gasteiger partial charge in [0.05, 0.1) is 6.42 Å². The molecular formula is C20H23NO2. The second-order valence-corrected chi connectivity index (χ2v) is 5.89. The zero-order valence-electron chi connectivity index (χ0n) is 13.6. The predicted octanol–water partition coefficient (Wildman–Crippen LogP) is 4.00. The summed E-state index contributed by atoms with van der Waals surface area (Å²) >= 11 is 0. The summed E-state index contributed by atoms with van der Waals surface area (Å²) in [5, 5.41) is 0. The van der Waals surface area contributed by atoms with E-state index in [-0.39, 0.29) is 5.97 Å². The Labute approximate surface area is 137 Å². The van der Waals surface area contributed by atoms with Crippen LogP contribution in [0.4, 0.5) is 5.69 Å². The molecule has 0 atom stereocenters. The Morgan fingerprint density at radius 1 is 0.957 bits per heavy atom. The molecule has 0 bridgehead atoms. The number of fused-ring (bicyclic) bond motifs is 2. The standard InChI is InChI=1S/C11H15N.C9H8O2/c1-2-12-9-5-7-10-6-3-4-8-11(10)12;10-9-6-5-7-3-1-2-4-8(7)11-9/h3-4,6,8H,2,5,7,9H2,1H3;1-4H,5-6H2. The highest BCUT2D eigenvalue weighted by molar-refractivity contribution is 5.75. The molecule has 2 aromatic rings. The van der Waals surface area contributed by atoms with E-state index in [9.17, 15) is 4.79 Å². The number of rotatable bonds is 1.